The lowest BCUT2D eigenvalue weighted by Gasteiger charge is -2.39. The zero-order valence-corrected chi connectivity index (χ0v) is 13.3. The van der Waals surface area contributed by atoms with Crippen molar-refractivity contribution in [3.63, 3.8) is 0 Å². The minimum atomic E-state index is -0.0104. The van der Waals surface area contributed by atoms with Crippen LogP contribution in [0.1, 0.15) is 22.6 Å². The number of para-hydroxylation sites is 1. The molecule has 0 unspecified atom stereocenters. The molecule has 2 aromatic rings. The van der Waals surface area contributed by atoms with Gasteiger partial charge in [0.05, 0.1) is 6.04 Å². The second kappa shape index (κ2) is 5.70. The van der Waals surface area contributed by atoms with Gasteiger partial charge in [0.1, 0.15) is 0 Å². The van der Waals surface area contributed by atoms with Gasteiger partial charge in [-0.1, -0.05) is 36.4 Å². The Balaban J connectivity index is 1.64. The topological polar surface area (TPSA) is 44.4 Å². The smallest absolute Gasteiger partial charge is 0.315 e. The molecule has 23 heavy (non-hydrogen) atoms. The normalized spacial score (nSPS) is 22.4. The zero-order valence-electron chi connectivity index (χ0n) is 13.3. The Morgan fingerprint density at radius 3 is 2.78 bits per heavy atom. The highest BCUT2D eigenvalue weighted by Gasteiger charge is 2.40. The first-order valence-corrected chi connectivity index (χ1v) is 8.16. The van der Waals surface area contributed by atoms with Crippen molar-refractivity contribution < 1.29 is 4.79 Å². The summed E-state index contributed by atoms with van der Waals surface area (Å²) in [5.74, 6) is 0.389. The van der Waals surface area contributed by atoms with Crippen LogP contribution in [0, 0.1) is 6.92 Å². The molecule has 0 bridgehead atoms. The maximum absolute atomic E-state index is 12.8. The summed E-state index contributed by atoms with van der Waals surface area (Å²) < 4.78 is 0. The molecule has 0 saturated carbocycles. The molecule has 0 aliphatic carbocycles. The maximum atomic E-state index is 12.8. The molecule has 1 fully saturated rings. The summed E-state index contributed by atoms with van der Waals surface area (Å²) in [4.78, 5) is 14.8. The van der Waals surface area contributed by atoms with Gasteiger partial charge in [0.15, 0.2) is 0 Å². The van der Waals surface area contributed by atoms with Crippen LogP contribution >= 0.6 is 0 Å². The molecular weight excluding hydrogens is 286 g/mol. The van der Waals surface area contributed by atoms with E-state index >= 15 is 0 Å². The van der Waals surface area contributed by atoms with E-state index in [1.165, 1.54) is 16.7 Å². The number of rotatable bonds is 1. The van der Waals surface area contributed by atoms with E-state index in [-0.39, 0.29) is 12.1 Å². The van der Waals surface area contributed by atoms with Crippen molar-refractivity contribution in [3.05, 3.63) is 65.2 Å². The predicted molar refractivity (Wildman–Crippen MR) is 91.6 cm³/mol. The Kier molecular flexibility index (Phi) is 3.54. The predicted octanol–water partition coefficient (Wildman–Crippen LogP) is 3.10. The minimum absolute atomic E-state index is 0.0104. The van der Waals surface area contributed by atoms with Crippen LogP contribution in [-0.2, 0) is 6.54 Å². The monoisotopic (exact) mass is 307 g/mol. The Morgan fingerprint density at radius 2 is 1.96 bits per heavy atom. The van der Waals surface area contributed by atoms with E-state index in [9.17, 15) is 4.79 Å². The molecule has 4 nitrogen and oxygen atoms in total. The molecule has 4 rings (SSSR count). The summed E-state index contributed by atoms with van der Waals surface area (Å²) in [5.41, 5.74) is 4.82. The Hall–Kier alpha value is -2.33. The zero-order chi connectivity index (χ0) is 15.8. The fourth-order valence-electron chi connectivity index (χ4n) is 3.82. The van der Waals surface area contributed by atoms with Gasteiger partial charge in [-0.25, -0.2) is 4.79 Å². The number of amides is 2. The minimum Gasteiger partial charge on any atom is -0.315 e. The molecular formula is C19H21N3O. The van der Waals surface area contributed by atoms with Gasteiger partial charge in [0, 0.05) is 31.2 Å². The van der Waals surface area contributed by atoms with Crippen molar-refractivity contribution in [2.75, 3.05) is 18.4 Å². The summed E-state index contributed by atoms with van der Waals surface area (Å²) in [6.07, 6.45) is 0. The molecule has 2 aromatic carbocycles. The van der Waals surface area contributed by atoms with E-state index in [4.69, 9.17) is 0 Å². The first kappa shape index (κ1) is 14.3. The van der Waals surface area contributed by atoms with Gasteiger partial charge in [-0.05, 0) is 35.7 Å². The van der Waals surface area contributed by atoms with Gasteiger partial charge >= 0.3 is 6.03 Å². The number of nitrogens with one attached hydrogen (secondary N) is 2. The second-order valence-electron chi connectivity index (χ2n) is 6.40. The van der Waals surface area contributed by atoms with Crippen LogP contribution in [0.15, 0.2) is 48.5 Å². The van der Waals surface area contributed by atoms with Crippen LogP contribution in [0.4, 0.5) is 10.5 Å². The summed E-state index contributed by atoms with van der Waals surface area (Å²) >= 11 is 0. The first-order valence-electron chi connectivity index (χ1n) is 8.16. The van der Waals surface area contributed by atoms with Crippen molar-refractivity contribution in [3.8, 4) is 0 Å². The number of carbonyl (C=O) groups is 1. The highest BCUT2D eigenvalue weighted by Crippen LogP contribution is 2.37. The van der Waals surface area contributed by atoms with Crippen LogP contribution in [0.3, 0.4) is 0 Å². The molecule has 2 aliphatic rings. The molecule has 2 N–H and O–H groups in total. The lowest BCUT2D eigenvalue weighted by atomic mass is 9.84. The highest BCUT2D eigenvalue weighted by molar-refractivity contribution is 5.89. The van der Waals surface area contributed by atoms with Gasteiger partial charge in [0.2, 0.25) is 0 Å². The fourth-order valence-corrected chi connectivity index (χ4v) is 3.82. The third kappa shape index (κ3) is 2.49. The number of urea groups is 1. The van der Waals surface area contributed by atoms with E-state index in [2.05, 4.69) is 35.8 Å². The average Bonchev–Trinajstić information content (AvgIpc) is 3.05. The third-order valence-electron chi connectivity index (χ3n) is 5.04. The van der Waals surface area contributed by atoms with Crippen LogP contribution < -0.4 is 10.6 Å². The standard InChI is InChI=1S/C19H21N3O/c1-13-6-5-9-15-16-10-20-11-18(16)22(12-17(13)15)19(23)21-14-7-3-2-4-8-14/h2-9,16,18,20H,10-12H2,1H3,(H,21,23)/t16-,18+/m0/s1. The SMILES string of the molecule is Cc1cccc2c1CN(C(=O)Nc1ccccc1)[C@@H]1CNC[C@@H]21. The molecule has 1 saturated heterocycles. The molecule has 2 atom stereocenters. The van der Waals surface area contributed by atoms with Crippen LogP contribution in [0.2, 0.25) is 0 Å². The van der Waals surface area contributed by atoms with Crippen molar-refractivity contribution in [2.45, 2.75) is 25.4 Å². The largest absolute Gasteiger partial charge is 0.322 e. The third-order valence-corrected chi connectivity index (χ3v) is 5.04. The molecule has 0 radical (unpaired) electrons. The highest BCUT2D eigenvalue weighted by atomic mass is 16.2. The molecule has 2 heterocycles. The summed E-state index contributed by atoms with van der Waals surface area (Å²) in [5, 5.41) is 6.49. The maximum Gasteiger partial charge on any atom is 0.322 e. The molecule has 2 aliphatic heterocycles. The molecule has 118 valence electrons. The number of carbonyl (C=O) groups excluding carboxylic acids is 1. The van der Waals surface area contributed by atoms with Gasteiger partial charge in [0.25, 0.3) is 0 Å². The molecule has 4 heteroatoms. The molecule has 0 spiro atoms. The van der Waals surface area contributed by atoms with Gasteiger partial charge < -0.3 is 15.5 Å². The first-order chi connectivity index (χ1) is 11.2. The average molecular weight is 307 g/mol. The number of benzene rings is 2. The van der Waals surface area contributed by atoms with E-state index in [1.807, 2.05) is 35.2 Å². The summed E-state index contributed by atoms with van der Waals surface area (Å²) in [7, 11) is 0. The fraction of sp³-hybridized carbons (Fsp3) is 0.316. The number of hydrogen-bond acceptors (Lipinski definition) is 2. The number of aryl methyl sites for hydroxylation is 1. The number of hydrogen-bond donors (Lipinski definition) is 2. The van der Waals surface area contributed by atoms with Crippen LogP contribution in [0.5, 0.6) is 0 Å². The summed E-state index contributed by atoms with van der Waals surface area (Å²) in [6.45, 7) is 4.62. The van der Waals surface area contributed by atoms with Crippen molar-refractivity contribution >= 4 is 11.7 Å². The lowest BCUT2D eigenvalue weighted by molar-refractivity contribution is 0.175. The van der Waals surface area contributed by atoms with Crippen molar-refractivity contribution in [2.24, 2.45) is 0 Å². The van der Waals surface area contributed by atoms with Crippen molar-refractivity contribution in [1.82, 2.24) is 10.2 Å². The quantitative estimate of drug-likeness (QED) is 0.850. The van der Waals surface area contributed by atoms with Crippen LogP contribution in [-0.4, -0.2) is 30.1 Å². The molecule has 0 aromatic heterocycles. The van der Waals surface area contributed by atoms with E-state index < -0.39 is 0 Å². The second-order valence-corrected chi connectivity index (χ2v) is 6.40. The van der Waals surface area contributed by atoms with E-state index in [0.29, 0.717) is 12.5 Å². The number of nitrogens with zero attached hydrogens (tertiary/aromatic N) is 1. The van der Waals surface area contributed by atoms with Gasteiger partial charge in [-0.15, -0.1) is 0 Å². The van der Waals surface area contributed by atoms with Crippen LogP contribution in [0.25, 0.3) is 0 Å². The Bertz CT molecular complexity index is 729. The van der Waals surface area contributed by atoms with E-state index in [1.54, 1.807) is 0 Å². The Morgan fingerprint density at radius 1 is 1.13 bits per heavy atom. The van der Waals surface area contributed by atoms with Gasteiger partial charge in [-0.3, -0.25) is 0 Å². The van der Waals surface area contributed by atoms with Crippen molar-refractivity contribution in [1.29, 1.82) is 0 Å². The number of fused-ring (bicyclic) bond motifs is 3. The molecule has 2 amide bonds. The van der Waals surface area contributed by atoms with Gasteiger partial charge in [-0.2, -0.15) is 0 Å². The number of anilines is 1. The van der Waals surface area contributed by atoms with E-state index in [0.717, 1.165) is 18.8 Å². The lowest BCUT2D eigenvalue weighted by Crippen LogP contribution is -2.48. The Labute approximate surface area is 136 Å². The summed E-state index contributed by atoms with van der Waals surface area (Å²) in [6, 6.07) is 16.4.